The molecule has 0 radical (unpaired) electrons. The summed E-state index contributed by atoms with van der Waals surface area (Å²) in [5.41, 5.74) is 0. The predicted molar refractivity (Wildman–Crippen MR) is 65.0 cm³/mol. The summed E-state index contributed by atoms with van der Waals surface area (Å²) in [6, 6.07) is 1.22. The van der Waals surface area contributed by atoms with Gasteiger partial charge in [0.1, 0.15) is 0 Å². The lowest BCUT2D eigenvalue weighted by Gasteiger charge is -2.35. The number of likely N-dealkylation sites (N-methyl/N-ethyl adjacent to an activating group) is 1. The van der Waals surface area contributed by atoms with Gasteiger partial charge in [-0.25, -0.2) is 4.99 Å². The molecule has 98 valence electrons. The van der Waals surface area contributed by atoms with Gasteiger partial charge in [-0.1, -0.05) is 0 Å². The van der Waals surface area contributed by atoms with E-state index in [0.717, 1.165) is 6.42 Å². The van der Waals surface area contributed by atoms with E-state index in [4.69, 9.17) is 14.2 Å². The SMILES string of the molecule is COC1O[C@H](C)C[C@H]2[C@H]1OC(=NC(C)C)N2C. The van der Waals surface area contributed by atoms with Crippen LogP contribution in [0.25, 0.3) is 0 Å². The highest BCUT2D eigenvalue weighted by molar-refractivity contribution is 5.76. The van der Waals surface area contributed by atoms with E-state index in [0.29, 0.717) is 12.1 Å². The van der Waals surface area contributed by atoms with Crippen molar-refractivity contribution in [1.29, 1.82) is 0 Å². The molecule has 2 fully saturated rings. The minimum atomic E-state index is -0.300. The van der Waals surface area contributed by atoms with Crippen molar-refractivity contribution in [3.8, 4) is 0 Å². The van der Waals surface area contributed by atoms with Gasteiger partial charge < -0.3 is 19.1 Å². The molecule has 0 spiro atoms. The molecule has 0 aliphatic carbocycles. The van der Waals surface area contributed by atoms with Gasteiger partial charge in [-0.3, -0.25) is 0 Å². The zero-order chi connectivity index (χ0) is 12.6. The first-order chi connectivity index (χ1) is 8.02. The van der Waals surface area contributed by atoms with Crippen LogP contribution >= 0.6 is 0 Å². The second-order valence-electron chi connectivity index (χ2n) is 5.05. The smallest absolute Gasteiger partial charge is 0.288 e. The first kappa shape index (κ1) is 12.6. The largest absolute Gasteiger partial charge is 0.454 e. The van der Waals surface area contributed by atoms with Gasteiger partial charge in [0.15, 0.2) is 12.4 Å². The van der Waals surface area contributed by atoms with Gasteiger partial charge in [0.05, 0.1) is 12.1 Å². The van der Waals surface area contributed by atoms with Gasteiger partial charge in [0.2, 0.25) is 0 Å². The summed E-state index contributed by atoms with van der Waals surface area (Å²) in [5.74, 6) is 0. The van der Waals surface area contributed by atoms with Crippen LogP contribution in [0, 0.1) is 0 Å². The number of aliphatic imine (C=N–C) groups is 1. The number of methoxy groups -OCH3 is 1. The normalized spacial score (nSPS) is 39.6. The topological polar surface area (TPSA) is 43.3 Å². The lowest BCUT2D eigenvalue weighted by Crippen LogP contribution is -2.49. The number of hydrogen-bond donors (Lipinski definition) is 0. The number of nitrogens with zero attached hydrogens (tertiary/aromatic N) is 2. The minimum Gasteiger partial charge on any atom is -0.454 e. The standard InChI is InChI=1S/C12H22N2O3/c1-7(2)13-12-14(4)9-6-8(3)16-11(15-5)10(9)17-12/h7-11H,6H2,1-5H3/t8-,9+,10-,11?/m1/s1. The Morgan fingerprint density at radius 3 is 2.76 bits per heavy atom. The quantitative estimate of drug-likeness (QED) is 0.730. The van der Waals surface area contributed by atoms with E-state index in [1.54, 1.807) is 7.11 Å². The fraction of sp³-hybridized carbons (Fsp3) is 0.917. The van der Waals surface area contributed by atoms with E-state index in [1.165, 1.54) is 0 Å². The van der Waals surface area contributed by atoms with Crippen LogP contribution in [-0.4, -0.2) is 55.7 Å². The maximum Gasteiger partial charge on any atom is 0.288 e. The molecule has 2 rings (SSSR count). The Balaban J connectivity index is 2.17. The summed E-state index contributed by atoms with van der Waals surface area (Å²) in [6.45, 7) is 6.14. The molecule has 0 aromatic carbocycles. The number of ether oxygens (including phenoxy) is 3. The van der Waals surface area contributed by atoms with Crippen molar-refractivity contribution in [2.24, 2.45) is 4.99 Å². The molecule has 2 heterocycles. The van der Waals surface area contributed by atoms with E-state index in [9.17, 15) is 0 Å². The van der Waals surface area contributed by atoms with E-state index < -0.39 is 0 Å². The molecule has 2 saturated heterocycles. The molecule has 0 aromatic rings. The Kier molecular flexibility index (Phi) is 3.58. The van der Waals surface area contributed by atoms with Crippen molar-refractivity contribution >= 4 is 6.02 Å². The Bertz CT molecular complexity index is 306. The first-order valence-electron chi connectivity index (χ1n) is 6.18. The molecule has 5 nitrogen and oxygen atoms in total. The van der Waals surface area contributed by atoms with Crippen LogP contribution in [0.15, 0.2) is 4.99 Å². The Hall–Kier alpha value is -0.810. The van der Waals surface area contributed by atoms with Gasteiger partial charge >= 0.3 is 0 Å². The Labute approximate surface area is 103 Å². The molecule has 0 bridgehead atoms. The van der Waals surface area contributed by atoms with Gasteiger partial charge in [-0.15, -0.1) is 0 Å². The molecule has 2 aliphatic rings. The van der Waals surface area contributed by atoms with Crippen LogP contribution in [0.1, 0.15) is 27.2 Å². The lowest BCUT2D eigenvalue weighted by molar-refractivity contribution is -0.223. The Morgan fingerprint density at radius 1 is 1.47 bits per heavy atom. The maximum atomic E-state index is 5.87. The lowest BCUT2D eigenvalue weighted by atomic mass is 10.0. The van der Waals surface area contributed by atoms with Crippen LogP contribution in [0.2, 0.25) is 0 Å². The number of hydrogen-bond acceptors (Lipinski definition) is 4. The molecule has 0 N–H and O–H groups in total. The zero-order valence-electron chi connectivity index (χ0n) is 11.2. The van der Waals surface area contributed by atoms with Crippen LogP contribution in [0.3, 0.4) is 0 Å². The van der Waals surface area contributed by atoms with E-state index in [1.807, 2.05) is 20.9 Å². The highest BCUT2D eigenvalue weighted by atomic mass is 16.7. The predicted octanol–water partition coefficient (Wildman–Crippen LogP) is 1.23. The third-order valence-corrected chi connectivity index (χ3v) is 3.23. The molecule has 5 heteroatoms. The van der Waals surface area contributed by atoms with Crippen LogP contribution in [0.4, 0.5) is 0 Å². The fourth-order valence-corrected chi connectivity index (χ4v) is 2.41. The van der Waals surface area contributed by atoms with Crippen LogP contribution in [-0.2, 0) is 14.2 Å². The molecule has 4 atom stereocenters. The average Bonchev–Trinajstić information content (AvgIpc) is 2.55. The zero-order valence-corrected chi connectivity index (χ0v) is 11.2. The van der Waals surface area contributed by atoms with Gasteiger partial charge in [0, 0.05) is 20.2 Å². The van der Waals surface area contributed by atoms with Crippen LogP contribution < -0.4 is 0 Å². The van der Waals surface area contributed by atoms with Crippen molar-refractivity contribution in [1.82, 2.24) is 4.90 Å². The van der Waals surface area contributed by atoms with Crippen molar-refractivity contribution in [2.45, 2.75) is 57.8 Å². The molecular weight excluding hydrogens is 220 g/mol. The first-order valence-corrected chi connectivity index (χ1v) is 6.18. The highest BCUT2D eigenvalue weighted by Crippen LogP contribution is 2.31. The van der Waals surface area contributed by atoms with Crippen molar-refractivity contribution in [3.05, 3.63) is 0 Å². The molecule has 1 unspecified atom stereocenters. The van der Waals surface area contributed by atoms with Crippen molar-refractivity contribution in [2.75, 3.05) is 14.2 Å². The third kappa shape index (κ3) is 2.40. The third-order valence-electron chi connectivity index (χ3n) is 3.23. The monoisotopic (exact) mass is 242 g/mol. The second-order valence-corrected chi connectivity index (χ2v) is 5.05. The highest BCUT2D eigenvalue weighted by Gasteiger charge is 2.48. The maximum absolute atomic E-state index is 5.87. The average molecular weight is 242 g/mol. The second kappa shape index (κ2) is 4.82. The van der Waals surface area contributed by atoms with E-state index in [2.05, 4.69) is 16.8 Å². The molecule has 0 amide bonds. The number of rotatable bonds is 2. The van der Waals surface area contributed by atoms with E-state index in [-0.39, 0.29) is 24.5 Å². The summed E-state index contributed by atoms with van der Waals surface area (Å²) in [5, 5.41) is 0. The molecule has 0 saturated carbocycles. The molecular formula is C12H22N2O3. The van der Waals surface area contributed by atoms with Gasteiger partial charge in [0.25, 0.3) is 6.02 Å². The number of amidine groups is 1. The summed E-state index contributed by atoms with van der Waals surface area (Å²) in [4.78, 5) is 6.59. The summed E-state index contributed by atoms with van der Waals surface area (Å²) in [7, 11) is 3.68. The number of fused-ring (bicyclic) bond motifs is 1. The minimum absolute atomic E-state index is 0.0706. The van der Waals surface area contributed by atoms with E-state index >= 15 is 0 Å². The van der Waals surface area contributed by atoms with Gasteiger partial charge in [-0.05, 0) is 27.2 Å². The fourth-order valence-electron chi connectivity index (χ4n) is 2.41. The van der Waals surface area contributed by atoms with Crippen LogP contribution in [0.5, 0.6) is 0 Å². The molecule has 0 aromatic heterocycles. The molecule has 17 heavy (non-hydrogen) atoms. The van der Waals surface area contributed by atoms with Crippen molar-refractivity contribution in [3.63, 3.8) is 0 Å². The molecule has 2 aliphatic heterocycles. The summed E-state index contributed by atoms with van der Waals surface area (Å²) in [6.07, 6.45) is 0.758. The Morgan fingerprint density at radius 2 is 2.18 bits per heavy atom. The van der Waals surface area contributed by atoms with Gasteiger partial charge in [-0.2, -0.15) is 0 Å². The van der Waals surface area contributed by atoms with Crippen molar-refractivity contribution < 1.29 is 14.2 Å². The summed E-state index contributed by atoms with van der Waals surface area (Å²) < 4.78 is 16.9. The summed E-state index contributed by atoms with van der Waals surface area (Å²) >= 11 is 0.